The topological polar surface area (TPSA) is 95.9 Å². The van der Waals surface area contributed by atoms with Gasteiger partial charge in [0.25, 0.3) is 0 Å². The van der Waals surface area contributed by atoms with E-state index in [1.54, 1.807) is 6.08 Å². The van der Waals surface area contributed by atoms with Gasteiger partial charge in [0.15, 0.2) is 0 Å². The normalized spacial score (nSPS) is 12.9. The molecule has 6 heteroatoms. The molecule has 0 saturated heterocycles. The molecule has 0 aliphatic rings. The number of ether oxygens (including phenoxy) is 1. The molecule has 0 saturated carbocycles. The molecule has 0 rings (SSSR count). The smallest absolute Gasteiger partial charge is 0.305 e. The van der Waals surface area contributed by atoms with Crippen molar-refractivity contribution in [2.45, 2.75) is 321 Å². The lowest BCUT2D eigenvalue weighted by Gasteiger charge is -2.20. The summed E-state index contributed by atoms with van der Waals surface area (Å²) < 4.78 is 5.45. The standard InChI is InChI=1S/C62H115NO5/c1-3-5-7-9-11-13-15-17-19-21-23-24-25-26-27-28-30-32-34-38-42-46-50-54-60(65)59(58-64)63-61(66)55-51-47-43-39-36-37-41-45-49-53-57-68-62(67)56-52-48-44-40-35-33-31-29-22-20-18-16-14-12-10-8-6-4-2/h14,16,20,22,37,41,50,54,59-60,64-65H,3-13,15,17-19,21,23-36,38-40,42-49,51-53,55-58H2,1-2H3,(H,63,66)/b16-14-,22-20-,41-37-,54-50+. The van der Waals surface area contributed by atoms with Gasteiger partial charge in [-0.15, -0.1) is 0 Å². The molecular formula is C62H115NO5. The molecule has 0 aromatic rings. The zero-order valence-electron chi connectivity index (χ0n) is 45.3. The third-order valence-corrected chi connectivity index (χ3v) is 13.6. The lowest BCUT2D eigenvalue weighted by molar-refractivity contribution is -0.143. The third kappa shape index (κ3) is 53.2. The number of amides is 1. The molecule has 0 aromatic carbocycles. The van der Waals surface area contributed by atoms with Crippen LogP contribution in [0.2, 0.25) is 0 Å². The van der Waals surface area contributed by atoms with Crippen LogP contribution in [0.5, 0.6) is 0 Å². The van der Waals surface area contributed by atoms with Crippen molar-refractivity contribution in [1.29, 1.82) is 0 Å². The van der Waals surface area contributed by atoms with Gasteiger partial charge in [0.2, 0.25) is 5.91 Å². The van der Waals surface area contributed by atoms with Crippen molar-refractivity contribution in [3.8, 4) is 0 Å². The lowest BCUT2D eigenvalue weighted by atomic mass is 10.0. The van der Waals surface area contributed by atoms with E-state index in [9.17, 15) is 19.8 Å². The maximum atomic E-state index is 12.5. The van der Waals surface area contributed by atoms with Crippen molar-refractivity contribution in [1.82, 2.24) is 5.32 Å². The zero-order chi connectivity index (χ0) is 49.3. The number of carbonyl (C=O) groups is 2. The first-order valence-corrected chi connectivity index (χ1v) is 29.9. The fraction of sp³-hybridized carbons (Fsp3) is 0.839. The van der Waals surface area contributed by atoms with Gasteiger partial charge in [-0.25, -0.2) is 0 Å². The summed E-state index contributed by atoms with van der Waals surface area (Å²) in [5.41, 5.74) is 0. The number of hydrogen-bond donors (Lipinski definition) is 3. The monoisotopic (exact) mass is 954 g/mol. The van der Waals surface area contributed by atoms with Crippen LogP contribution in [0.15, 0.2) is 48.6 Å². The Morgan fingerprint density at radius 1 is 0.412 bits per heavy atom. The summed E-state index contributed by atoms with van der Waals surface area (Å²) in [6, 6.07) is -0.656. The molecule has 6 nitrogen and oxygen atoms in total. The first kappa shape index (κ1) is 65.8. The van der Waals surface area contributed by atoms with Crippen LogP contribution in [-0.2, 0) is 14.3 Å². The first-order valence-electron chi connectivity index (χ1n) is 29.9. The van der Waals surface area contributed by atoms with E-state index < -0.39 is 12.1 Å². The van der Waals surface area contributed by atoms with Crippen LogP contribution >= 0.6 is 0 Å². The molecule has 68 heavy (non-hydrogen) atoms. The van der Waals surface area contributed by atoms with Gasteiger partial charge in [-0.1, -0.05) is 255 Å². The number of nitrogens with one attached hydrogen (secondary N) is 1. The Morgan fingerprint density at radius 3 is 1.15 bits per heavy atom. The Hall–Kier alpha value is -2.18. The van der Waals surface area contributed by atoms with E-state index in [0.717, 1.165) is 83.5 Å². The maximum absolute atomic E-state index is 12.5. The van der Waals surface area contributed by atoms with Gasteiger partial charge in [-0.3, -0.25) is 9.59 Å². The molecule has 1 amide bonds. The Kier molecular flexibility index (Phi) is 55.6. The van der Waals surface area contributed by atoms with Crippen molar-refractivity contribution in [3.63, 3.8) is 0 Å². The molecule has 398 valence electrons. The SMILES string of the molecule is CCCCCC/C=C\C/C=C\CCCCCCCCCC(=O)OCCCC/C=C\CCCCCCC(=O)NC(CO)C(O)/C=C/CCCCCCCCCCCCCCCCCCCCCCC. The maximum Gasteiger partial charge on any atom is 0.305 e. The number of rotatable bonds is 55. The molecule has 0 heterocycles. The van der Waals surface area contributed by atoms with Crippen LogP contribution in [0.25, 0.3) is 0 Å². The molecule has 0 fully saturated rings. The van der Waals surface area contributed by atoms with E-state index in [1.165, 1.54) is 199 Å². The quantitative estimate of drug-likeness (QED) is 0.0321. The largest absolute Gasteiger partial charge is 0.466 e. The second-order valence-corrected chi connectivity index (χ2v) is 20.3. The van der Waals surface area contributed by atoms with E-state index in [0.29, 0.717) is 19.4 Å². The van der Waals surface area contributed by atoms with Crippen molar-refractivity contribution < 1.29 is 24.5 Å². The average molecular weight is 955 g/mol. The number of aliphatic hydroxyl groups excluding tert-OH is 2. The predicted molar refractivity (Wildman–Crippen MR) is 296 cm³/mol. The van der Waals surface area contributed by atoms with E-state index in [2.05, 4.69) is 55.6 Å². The van der Waals surface area contributed by atoms with Gasteiger partial charge in [0.1, 0.15) is 0 Å². The Bertz CT molecular complexity index is 1150. The number of unbranched alkanes of at least 4 members (excludes halogenated alkanes) is 38. The van der Waals surface area contributed by atoms with Crippen LogP contribution in [0, 0.1) is 0 Å². The first-order chi connectivity index (χ1) is 33.5. The van der Waals surface area contributed by atoms with E-state index >= 15 is 0 Å². The minimum Gasteiger partial charge on any atom is -0.466 e. The molecule has 0 spiro atoms. The van der Waals surface area contributed by atoms with Crippen LogP contribution in [0.3, 0.4) is 0 Å². The molecule has 0 aromatic heterocycles. The molecular weight excluding hydrogens is 839 g/mol. The molecule has 0 aliphatic heterocycles. The zero-order valence-corrected chi connectivity index (χ0v) is 45.3. The van der Waals surface area contributed by atoms with Gasteiger partial charge in [0, 0.05) is 12.8 Å². The van der Waals surface area contributed by atoms with Gasteiger partial charge < -0.3 is 20.3 Å². The molecule has 3 N–H and O–H groups in total. The van der Waals surface area contributed by atoms with Crippen molar-refractivity contribution >= 4 is 11.9 Å². The Balaban J connectivity index is 3.55. The number of hydrogen-bond acceptors (Lipinski definition) is 5. The summed E-state index contributed by atoms with van der Waals surface area (Å²) in [6.45, 7) is 4.81. The van der Waals surface area contributed by atoms with Gasteiger partial charge in [-0.05, 0) is 89.9 Å². The van der Waals surface area contributed by atoms with E-state index in [4.69, 9.17) is 4.74 Å². The third-order valence-electron chi connectivity index (χ3n) is 13.6. The minimum atomic E-state index is -0.869. The van der Waals surface area contributed by atoms with Crippen LogP contribution in [-0.4, -0.2) is 47.4 Å². The van der Waals surface area contributed by atoms with E-state index in [1.807, 2.05) is 6.08 Å². The highest BCUT2D eigenvalue weighted by atomic mass is 16.5. The number of aliphatic hydroxyl groups is 2. The fourth-order valence-electron chi connectivity index (χ4n) is 8.95. The van der Waals surface area contributed by atoms with Crippen molar-refractivity contribution in [2.24, 2.45) is 0 Å². The molecule has 0 aliphatic carbocycles. The highest BCUT2D eigenvalue weighted by Gasteiger charge is 2.18. The van der Waals surface area contributed by atoms with Crippen LogP contribution in [0.4, 0.5) is 0 Å². The second kappa shape index (κ2) is 57.4. The average Bonchev–Trinajstić information content (AvgIpc) is 3.34. The number of allylic oxidation sites excluding steroid dienone is 7. The summed E-state index contributed by atoms with van der Waals surface area (Å²) in [4.78, 5) is 24.6. The fourth-order valence-corrected chi connectivity index (χ4v) is 8.95. The highest BCUT2D eigenvalue weighted by molar-refractivity contribution is 5.76. The summed E-state index contributed by atoms with van der Waals surface area (Å²) in [7, 11) is 0. The summed E-state index contributed by atoms with van der Waals surface area (Å²) in [5.74, 6) is -0.148. The highest BCUT2D eigenvalue weighted by Crippen LogP contribution is 2.17. The molecule has 2 atom stereocenters. The van der Waals surface area contributed by atoms with Gasteiger partial charge >= 0.3 is 5.97 Å². The molecule has 0 radical (unpaired) electrons. The summed E-state index contributed by atoms with van der Waals surface area (Å²) in [6.07, 6.45) is 72.8. The van der Waals surface area contributed by atoms with E-state index in [-0.39, 0.29) is 18.5 Å². The van der Waals surface area contributed by atoms with Crippen molar-refractivity contribution in [3.05, 3.63) is 48.6 Å². The Morgan fingerprint density at radius 2 is 0.735 bits per heavy atom. The lowest BCUT2D eigenvalue weighted by Crippen LogP contribution is -2.45. The minimum absolute atomic E-state index is 0.0456. The van der Waals surface area contributed by atoms with Crippen molar-refractivity contribution in [2.75, 3.05) is 13.2 Å². The van der Waals surface area contributed by atoms with Crippen LogP contribution < -0.4 is 5.32 Å². The van der Waals surface area contributed by atoms with Crippen LogP contribution in [0.1, 0.15) is 309 Å². The number of carbonyl (C=O) groups excluding carboxylic acids is 2. The number of esters is 1. The predicted octanol–water partition coefficient (Wildman–Crippen LogP) is 18.6. The summed E-state index contributed by atoms with van der Waals surface area (Å²) in [5, 5.41) is 23.2. The molecule has 0 bridgehead atoms. The van der Waals surface area contributed by atoms with Gasteiger partial charge in [-0.2, -0.15) is 0 Å². The molecule has 2 unspecified atom stereocenters. The Labute approximate surface area is 423 Å². The second-order valence-electron chi connectivity index (χ2n) is 20.3. The summed E-state index contributed by atoms with van der Waals surface area (Å²) >= 11 is 0. The van der Waals surface area contributed by atoms with Gasteiger partial charge in [0.05, 0.1) is 25.4 Å².